The van der Waals surface area contributed by atoms with Crippen LogP contribution >= 0.6 is 0 Å². The van der Waals surface area contributed by atoms with Crippen molar-refractivity contribution >= 4 is 0 Å². The third kappa shape index (κ3) is 2.49. The largest absolute Gasteiger partial charge is 0.347 e. The Hall–Kier alpha value is -0.590. The molecule has 1 spiro atoms. The molecule has 3 nitrogen and oxygen atoms in total. The summed E-state index contributed by atoms with van der Waals surface area (Å²) < 4.78 is 12.1. The third-order valence-electron chi connectivity index (χ3n) is 5.68. The summed E-state index contributed by atoms with van der Waals surface area (Å²) in [6, 6.07) is 2.31. The number of rotatable bonds is 2. The first-order valence-electron chi connectivity index (χ1n) is 8.36. The molecule has 2 aliphatic carbocycles. The van der Waals surface area contributed by atoms with Crippen LogP contribution in [-0.4, -0.2) is 19.0 Å². The average Bonchev–Trinajstić information content (AvgIpc) is 3.05. The molecule has 3 aliphatic rings. The monoisotopic (exact) mass is 279 g/mol. The number of nitriles is 1. The van der Waals surface area contributed by atoms with Gasteiger partial charge < -0.3 is 9.47 Å². The van der Waals surface area contributed by atoms with Crippen molar-refractivity contribution in [3.8, 4) is 6.07 Å². The summed E-state index contributed by atoms with van der Waals surface area (Å²) in [5.41, 5.74) is 0.333. The molecule has 3 atom stereocenters. The standard InChI is InChI=1S/C15H23NO2.C2H6/c1-14-7-3-8-15(17-10-11-18-15)13(14)6-5-12(14)4-2-9-16;1-2/h12-13H,2-8,10-11H2,1H3;1-2H3. The molecule has 0 aromatic heterocycles. The highest BCUT2D eigenvalue weighted by Crippen LogP contribution is 2.61. The Labute approximate surface area is 123 Å². The highest BCUT2D eigenvalue weighted by atomic mass is 16.7. The Balaban J connectivity index is 0.000000704. The molecule has 1 aliphatic heterocycles. The van der Waals surface area contributed by atoms with Crippen molar-refractivity contribution in [3.63, 3.8) is 0 Å². The van der Waals surface area contributed by atoms with Gasteiger partial charge in [0.25, 0.3) is 0 Å². The lowest BCUT2D eigenvalue weighted by atomic mass is 9.62. The zero-order valence-electron chi connectivity index (χ0n) is 13.3. The van der Waals surface area contributed by atoms with Crippen molar-refractivity contribution in [2.75, 3.05) is 13.2 Å². The van der Waals surface area contributed by atoms with Gasteiger partial charge in [0.2, 0.25) is 0 Å². The van der Waals surface area contributed by atoms with Gasteiger partial charge in [-0.25, -0.2) is 0 Å². The second-order valence-electron chi connectivity index (χ2n) is 6.39. The second kappa shape index (κ2) is 6.45. The first-order chi connectivity index (χ1) is 9.71. The highest BCUT2D eigenvalue weighted by Gasteiger charge is 2.59. The molecule has 0 aromatic rings. The van der Waals surface area contributed by atoms with E-state index >= 15 is 0 Å². The summed E-state index contributed by atoms with van der Waals surface area (Å²) >= 11 is 0. The average molecular weight is 279 g/mol. The van der Waals surface area contributed by atoms with Crippen molar-refractivity contribution in [2.24, 2.45) is 17.3 Å². The summed E-state index contributed by atoms with van der Waals surface area (Å²) in [5.74, 6) is 0.964. The molecule has 0 N–H and O–H groups in total. The summed E-state index contributed by atoms with van der Waals surface area (Å²) in [5, 5.41) is 8.81. The zero-order valence-corrected chi connectivity index (χ0v) is 13.3. The minimum atomic E-state index is -0.269. The minimum absolute atomic E-state index is 0.269. The van der Waals surface area contributed by atoms with Gasteiger partial charge >= 0.3 is 0 Å². The zero-order chi connectivity index (χ0) is 14.6. The van der Waals surface area contributed by atoms with Crippen LogP contribution in [0.4, 0.5) is 0 Å². The number of ether oxygens (including phenoxy) is 2. The fraction of sp³-hybridized carbons (Fsp3) is 0.941. The summed E-state index contributed by atoms with van der Waals surface area (Å²) in [6.45, 7) is 7.93. The van der Waals surface area contributed by atoms with Gasteiger partial charge in [-0.3, -0.25) is 0 Å². The lowest BCUT2D eigenvalue weighted by Crippen LogP contribution is -2.50. The molecule has 114 valence electrons. The summed E-state index contributed by atoms with van der Waals surface area (Å²) in [6.07, 6.45) is 7.77. The predicted molar refractivity (Wildman–Crippen MR) is 79.0 cm³/mol. The molecule has 0 aromatic carbocycles. The fourth-order valence-electron chi connectivity index (χ4n) is 4.83. The van der Waals surface area contributed by atoms with Crippen molar-refractivity contribution < 1.29 is 9.47 Å². The maximum atomic E-state index is 8.81. The summed E-state index contributed by atoms with van der Waals surface area (Å²) in [7, 11) is 0. The molecule has 0 amide bonds. The molecule has 3 rings (SSSR count). The quantitative estimate of drug-likeness (QED) is 0.757. The van der Waals surface area contributed by atoms with Gasteiger partial charge in [-0.15, -0.1) is 0 Å². The van der Waals surface area contributed by atoms with Crippen LogP contribution in [0.3, 0.4) is 0 Å². The Kier molecular flexibility index (Phi) is 5.09. The van der Waals surface area contributed by atoms with Crippen LogP contribution in [0.25, 0.3) is 0 Å². The first kappa shape index (κ1) is 15.8. The van der Waals surface area contributed by atoms with Crippen LogP contribution in [0.1, 0.15) is 65.7 Å². The van der Waals surface area contributed by atoms with Gasteiger partial charge in [-0.2, -0.15) is 5.26 Å². The smallest absolute Gasteiger partial charge is 0.171 e. The van der Waals surface area contributed by atoms with E-state index in [0.29, 0.717) is 23.7 Å². The number of hydrogen-bond donors (Lipinski definition) is 0. The molecule has 1 saturated heterocycles. The van der Waals surface area contributed by atoms with E-state index in [-0.39, 0.29) is 5.79 Å². The normalized spacial score (nSPS) is 37.9. The van der Waals surface area contributed by atoms with Crippen LogP contribution < -0.4 is 0 Å². The number of hydrogen-bond acceptors (Lipinski definition) is 3. The molecule has 1 heterocycles. The van der Waals surface area contributed by atoms with Gasteiger partial charge in [0.1, 0.15) is 0 Å². The molecule has 3 unspecified atom stereocenters. The van der Waals surface area contributed by atoms with Gasteiger partial charge in [-0.05, 0) is 43.4 Å². The SMILES string of the molecule is CC.CC12CCCC3(OCCO3)C1CCC2CCC#N. The third-order valence-corrected chi connectivity index (χ3v) is 5.68. The Morgan fingerprint density at radius 2 is 1.85 bits per heavy atom. The van der Waals surface area contributed by atoms with E-state index in [1.807, 2.05) is 13.8 Å². The van der Waals surface area contributed by atoms with Gasteiger partial charge in [-0.1, -0.05) is 20.8 Å². The van der Waals surface area contributed by atoms with Crippen molar-refractivity contribution in [2.45, 2.75) is 71.5 Å². The number of nitrogens with zero attached hydrogens (tertiary/aromatic N) is 1. The van der Waals surface area contributed by atoms with E-state index in [9.17, 15) is 0 Å². The topological polar surface area (TPSA) is 42.2 Å². The van der Waals surface area contributed by atoms with E-state index in [0.717, 1.165) is 26.1 Å². The predicted octanol–water partition coefficient (Wildman–Crippen LogP) is 4.28. The Morgan fingerprint density at radius 1 is 1.15 bits per heavy atom. The van der Waals surface area contributed by atoms with Crippen LogP contribution in [-0.2, 0) is 9.47 Å². The van der Waals surface area contributed by atoms with Crippen LogP contribution in [0, 0.1) is 28.6 Å². The maximum Gasteiger partial charge on any atom is 0.171 e. The van der Waals surface area contributed by atoms with E-state index in [2.05, 4.69) is 13.0 Å². The van der Waals surface area contributed by atoms with Crippen LogP contribution in [0.2, 0.25) is 0 Å². The van der Waals surface area contributed by atoms with Gasteiger partial charge in [0, 0.05) is 18.8 Å². The lowest BCUT2D eigenvalue weighted by molar-refractivity contribution is -0.239. The van der Waals surface area contributed by atoms with Crippen LogP contribution in [0.5, 0.6) is 0 Å². The molecule has 0 bridgehead atoms. The lowest BCUT2D eigenvalue weighted by Gasteiger charge is -2.49. The van der Waals surface area contributed by atoms with Crippen molar-refractivity contribution in [3.05, 3.63) is 0 Å². The molecule has 0 radical (unpaired) electrons. The minimum Gasteiger partial charge on any atom is -0.347 e. The van der Waals surface area contributed by atoms with E-state index in [4.69, 9.17) is 14.7 Å². The second-order valence-corrected chi connectivity index (χ2v) is 6.39. The van der Waals surface area contributed by atoms with E-state index < -0.39 is 0 Å². The van der Waals surface area contributed by atoms with Crippen molar-refractivity contribution in [1.29, 1.82) is 5.26 Å². The molecule has 2 saturated carbocycles. The first-order valence-corrected chi connectivity index (χ1v) is 8.36. The molecular weight excluding hydrogens is 250 g/mol. The van der Waals surface area contributed by atoms with E-state index in [1.165, 1.54) is 25.7 Å². The Bertz CT molecular complexity index is 356. The van der Waals surface area contributed by atoms with E-state index in [1.54, 1.807) is 0 Å². The molecule has 20 heavy (non-hydrogen) atoms. The highest BCUT2D eigenvalue weighted by molar-refractivity contribution is 5.05. The van der Waals surface area contributed by atoms with Crippen molar-refractivity contribution in [1.82, 2.24) is 0 Å². The van der Waals surface area contributed by atoms with Gasteiger partial charge in [0.15, 0.2) is 5.79 Å². The summed E-state index contributed by atoms with van der Waals surface area (Å²) in [4.78, 5) is 0. The maximum absolute atomic E-state index is 8.81. The number of fused-ring (bicyclic) bond motifs is 2. The van der Waals surface area contributed by atoms with Crippen LogP contribution in [0.15, 0.2) is 0 Å². The Morgan fingerprint density at radius 3 is 2.50 bits per heavy atom. The molecular formula is C17H29NO2. The molecule has 3 heteroatoms. The fourth-order valence-corrected chi connectivity index (χ4v) is 4.83. The van der Waals surface area contributed by atoms with Gasteiger partial charge in [0.05, 0.1) is 19.3 Å². The molecule has 3 fully saturated rings.